The zero-order chi connectivity index (χ0) is 16.9. The van der Waals surface area contributed by atoms with Crippen molar-refractivity contribution in [1.29, 1.82) is 0 Å². The summed E-state index contributed by atoms with van der Waals surface area (Å²) in [4.78, 5) is 0. The van der Waals surface area contributed by atoms with Crippen LogP contribution in [0.25, 0.3) is 0 Å². The maximum Gasteiger partial charge on any atom is 0.118 e. The van der Waals surface area contributed by atoms with Crippen LogP contribution >= 0.6 is 0 Å². The lowest BCUT2D eigenvalue weighted by Gasteiger charge is -2.17. The van der Waals surface area contributed by atoms with Crippen molar-refractivity contribution in [2.75, 3.05) is 26.8 Å². The maximum atomic E-state index is 9.96. The standard InChI is InChI=1S/C19H33NO3/c1-4-6-7-16(5-2)12-20-13-18(21)15-23-14-17-8-10-19(22-3)11-9-17/h8-11,16,18,20-21H,4-7,12-15H2,1-3H3/t16-,18-/m0/s1. The molecule has 4 nitrogen and oxygen atoms in total. The predicted octanol–water partition coefficient (Wildman–Crippen LogP) is 3.38. The Morgan fingerprint density at radius 3 is 2.48 bits per heavy atom. The van der Waals surface area contributed by atoms with Gasteiger partial charge in [-0.2, -0.15) is 0 Å². The molecule has 1 rings (SSSR count). The fourth-order valence-corrected chi connectivity index (χ4v) is 2.49. The number of nitrogens with one attached hydrogen (secondary N) is 1. The molecule has 1 aromatic carbocycles. The van der Waals surface area contributed by atoms with E-state index in [1.165, 1.54) is 25.7 Å². The van der Waals surface area contributed by atoms with Gasteiger partial charge in [0.2, 0.25) is 0 Å². The van der Waals surface area contributed by atoms with E-state index in [0.29, 0.717) is 25.7 Å². The summed E-state index contributed by atoms with van der Waals surface area (Å²) < 4.78 is 10.7. The van der Waals surface area contributed by atoms with Crippen LogP contribution in [-0.2, 0) is 11.3 Å². The summed E-state index contributed by atoms with van der Waals surface area (Å²) in [5, 5.41) is 13.3. The number of ether oxygens (including phenoxy) is 2. The molecule has 0 heterocycles. The van der Waals surface area contributed by atoms with Crippen molar-refractivity contribution < 1.29 is 14.6 Å². The molecular weight excluding hydrogens is 290 g/mol. The predicted molar refractivity (Wildman–Crippen MR) is 94.8 cm³/mol. The van der Waals surface area contributed by atoms with Gasteiger partial charge in [-0.15, -0.1) is 0 Å². The highest BCUT2D eigenvalue weighted by atomic mass is 16.5. The van der Waals surface area contributed by atoms with E-state index in [2.05, 4.69) is 19.2 Å². The first-order chi connectivity index (χ1) is 11.2. The van der Waals surface area contributed by atoms with Crippen molar-refractivity contribution in [3.8, 4) is 5.75 Å². The van der Waals surface area contributed by atoms with Crippen molar-refractivity contribution in [3.05, 3.63) is 29.8 Å². The van der Waals surface area contributed by atoms with Gasteiger partial charge in [0.15, 0.2) is 0 Å². The molecule has 4 heteroatoms. The summed E-state index contributed by atoms with van der Waals surface area (Å²) >= 11 is 0. The zero-order valence-corrected chi connectivity index (χ0v) is 14.9. The van der Waals surface area contributed by atoms with Crippen LogP contribution in [0, 0.1) is 5.92 Å². The van der Waals surface area contributed by atoms with Crippen LogP contribution in [0.3, 0.4) is 0 Å². The molecule has 0 saturated carbocycles. The third-order valence-electron chi connectivity index (χ3n) is 4.09. The number of aliphatic hydroxyl groups excluding tert-OH is 1. The Labute approximate surface area is 141 Å². The van der Waals surface area contributed by atoms with Crippen LogP contribution in [-0.4, -0.2) is 38.0 Å². The highest BCUT2D eigenvalue weighted by Crippen LogP contribution is 2.12. The number of rotatable bonds is 13. The molecule has 0 amide bonds. The van der Waals surface area contributed by atoms with E-state index in [-0.39, 0.29) is 0 Å². The lowest BCUT2D eigenvalue weighted by molar-refractivity contribution is 0.0284. The quantitative estimate of drug-likeness (QED) is 0.584. The van der Waals surface area contributed by atoms with Crippen molar-refractivity contribution in [2.24, 2.45) is 5.92 Å². The lowest BCUT2D eigenvalue weighted by Crippen LogP contribution is -2.33. The fraction of sp³-hybridized carbons (Fsp3) is 0.684. The van der Waals surface area contributed by atoms with E-state index >= 15 is 0 Å². The van der Waals surface area contributed by atoms with Crippen LogP contribution in [0.1, 0.15) is 45.1 Å². The maximum absolute atomic E-state index is 9.96. The van der Waals surface area contributed by atoms with Crippen molar-refractivity contribution in [2.45, 2.75) is 52.2 Å². The Kier molecular flexibility index (Phi) is 10.7. The molecule has 0 aliphatic carbocycles. The first-order valence-corrected chi connectivity index (χ1v) is 8.79. The monoisotopic (exact) mass is 323 g/mol. The molecule has 0 unspecified atom stereocenters. The molecular formula is C19H33NO3. The summed E-state index contributed by atoms with van der Waals surface area (Å²) in [6.45, 7) is 6.89. The molecule has 132 valence electrons. The van der Waals surface area contributed by atoms with Crippen LogP contribution in [0.2, 0.25) is 0 Å². The first-order valence-electron chi connectivity index (χ1n) is 8.79. The fourth-order valence-electron chi connectivity index (χ4n) is 2.49. The SMILES string of the molecule is CCCC[C@H](CC)CNC[C@H](O)COCc1ccc(OC)cc1. The molecule has 0 aliphatic rings. The molecule has 0 radical (unpaired) electrons. The largest absolute Gasteiger partial charge is 0.497 e. The Bertz CT molecular complexity index is 394. The minimum atomic E-state index is -0.461. The smallest absolute Gasteiger partial charge is 0.118 e. The van der Waals surface area contributed by atoms with E-state index in [4.69, 9.17) is 9.47 Å². The summed E-state index contributed by atoms with van der Waals surface area (Å²) in [5.41, 5.74) is 1.08. The Hall–Kier alpha value is -1.10. The van der Waals surface area contributed by atoms with Gasteiger partial charge >= 0.3 is 0 Å². The molecule has 0 aliphatic heterocycles. The molecule has 2 N–H and O–H groups in total. The van der Waals surface area contributed by atoms with Crippen molar-refractivity contribution in [3.63, 3.8) is 0 Å². The second kappa shape index (κ2) is 12.3. The second-order valence-electron chi connectivity index (χ2n) is 6.09. The molecule has 23 heavy (non-hydrogen) atoms. The summed E-state index contributed by atoms with van der Waals surface area (Å²) in [5.74, 6) is 1.55. The van der Waals surface area contributed by atoms with Crippen LogP contribution < -0.4 is 10.1 Å². The minimum absolute atomic E-state index is 0.352. The van der Waals surface area contributed by atoms with E-state index in [9.17, 15) is 5.11 Å². The minimum Gasteiger partial charge on any atom is -0.497 e. The Balaban J connectivity index is 2.12. The zero-order valence-electron chi connectivity index (χ0n) is 14.9. The van der Waals surface area contributed by atoms with Gasteiger partial charge in [-0.25, -0.2) is 0 Å². The molecule has 0 aromatic heterocycles. The lowest BCUT2D eigenvalue weighted by atomic mass is 9.99. The van der Waals surface area contributed by atoms with Crippen molar-refractivity contribution >= 4 is 0 Å². The topological polar surface area (TPSA) is 50.7 Å². The average Bonchev–Trinajstić information content (AvgIpc) is 2.58. The molecule has 2 atom stereocenters. The average molecular weight is 323 g/mol. The highest BCUT2D eigenvalue weighted by Gasteiger charge is 2.08. The van der Waals surface area contributed by atoms with Gasteiger partial charge in [0.05, 0.1) is 26.4 Å². The van der Waals surface area contributed by atoms with E-state index in [1.807, 2.05) is 24.3 Å². The Morgan fingerprint density at radius 1 is 1.13 bits per heavy atom. The van der Waals surface area contributed by atoms with Gasteiger partial charge < -0.3 is 19.9 Å². The van der Waals surface area contributed by atoms with Gasteiger partial charge in [0.1, 0.15) is 5.75 Å². The number of aliphatic hydroxyl groups is 1. The third-order valence-corrected chi connectivity index (χ3v) is 4.09. The van der Waals surface area contributed by atoms with Gasteiger partial charge in [0, 0.05) is 6.54 Å². The number of benzene rings is 1. The number of hydrogen-bond acceptors (Lipinski definition) is 4. The Morgan fingerprint density at radius 2 is 1.87 bits per heavy atom. The highest BCUT2D eigenvalue weighted by molar-refractivity contribution is 5.26. The third kappa shape index (κ3) is 8.94. The molecule has 1 aromatic rings. The molecule has 0 spiro atoms. The summed E-state index contributed by atoms with van der Waals surface area (Å²) in [6, 6.07) is 7.78. The van der Waals surface area contributed by atoms with E-state index < -0.39 is 6.10 Å². The van der Waals surface area contributed by atoms with Crippen LogP contribution in [0.5, 0.6) is 5.75 Å². The molecule has 0 fully saturated rings. The van der Waals surface area contributed by atoms with Gasteiger partial charge in [-0.3, -0.25) is 0 Å². The van der Waals surface area contributed by atoms with Gasteiger partial charge in [-0.1, -0.05) is 45.2 Å². The van der Waals surface area contributed by atoms with Gasteiger partial charge in [-0.05, 0) is 36.6 Å². The summed E-state index contributed by atoms with van der Waals surface area (Å²) in [7, 11) is 1.65. The van der Waals surface area contributed by atoms with Crippen LogP contribution in [0.15, 0.2) is 24.3 Å². The van der Waals surface area contributed by atoms with E-state index in [1.54, 1.807) is 7.11 Å². The normalized spacial score (nSPS) is 13.7. The molecule has 0 saturated heterocycles. The molecule has 0 bridgehead atoms. The number of unbranched alkanes of at least 4 members (excludes halogenated alkanes) is 1. The summed E-state index contributed by atoms with van der Waals surface area (Å²) in [6.07, 6.45) is 4.53. The van der Waals surface area contributed by atoms with Crippen LogP contribution in [0.4, 0.5) is 0 Å². The first kappa shape index (κ1) is 19.9. The van der Waals surface area contributed by atoms with Gasteiger partial charge in [0.25, 0.3) is 0 Å². The number of methoxy groups -OCH3 is 1. The van der Waals surface area contributed by atoms with Crippen molar-refractivity contribution in [1.82, 2.24) is 5.32 Å². The van der Waals surface area contributed by atoms with E-state index in [0.717, 1.165) is 17.9 Å². The second-order valence-corrected chi connectivity index (χ2v) is 6.09. The number of hydrogen-bond donors (Lipinski definition) is 2.